The number of hydrogen-bond donors (Lipinski definition) is 1. The first-order valence-corrected chi connectivity index (χ1v) is 9.43. The van der Waals surface area contributed by atoms with Crippen molar-refractivity contribution in [3.63, 3.8) is 0 Å². The molecule has 0 radical (unpaired) electrons. The summed E-state index contributed by atoms with van der Waals surface area (Å²) in [6, 6.07) is 20.5. The maximum absolute atomic E-state index is 12.2. The molecular formula is C24H24N2O4. The van der Waals surface area contributed by atoms with Crippen molar-refractivity contribution in [2.24, 2.45) is 5.10 Å². The maximum atomic E-state index is 12.2. The third-order valence-corrected chi connectivity index (χ3v) is 4.41. The Morgan fingerprint density at radius 1 is 0.967 bits per heavy atom. The number of rotatable bonds is 8. The number of hydrogen-bond acceptors (Lipinski definition) is 5. The van der Waals surface area contributed by atoms with Crippen LogP contribution in [0, 0.1) is 6.92 Å². The van der Waals surface area contributed by atoms with Crippen LogP contribution in [0.2, 0.25) is 0 Å². The van der Waals surface area contributed by atoms with E-state index >= 15 is 0 Å². The second kappa shape index (κ2) is 10.1. The van der Waals surface area contributed by atoms with Gasteiger partial charge in [0.25, 0.3) is 5.91 Å². The number of amides is 1. The fourth-order valence-corrected chi connectivity index (χ4v) is 2.73. The van der Waals surface area contributed by atoms with E-state index in [4.69, 9.17) is 14.2 Å². The topological polar surface area (TPSA) is 69.2 Å². The molecule has 154 valence electrons. The molecule has 0 fully saturated rings. The van der Waals surface area contributed by atoms with Crippen molar-refractivity contribution in [1.29, 1.82) is 0 Å². The minimum atomic E-state index is -0.325. The molecule has 1 N–H and O–H groups in total. The highest BCUT2D eigenvalue weighted by Gasteiger charge is 2.07. The van der Waals surface area contributed by atoms with Gasteiger partial charge in [-0.25, -0.2) is 5.43 Å². The Hall–Kier alpha value is -3.80. The van der Waals surface area contributed by atoms with Gasteiger partial charge >= 0.3 is 0 Å². The first-order chi connectivity index (χ1) is 14.6. The van der Waals surface area contributed by atoms with Crippen LogP contribution in [0.4, 0.5) is 0 Å². The van der Waals surface area contributed by atoms with E-state index in [1.165, 1.54) is 5.56 Å². The number of hydrazone groups is 1. The lowest BCUT2D eigenvalue weighted by atomic mass is 10.1. The number of benzene rings is 3. The van der Waals surface area contributed by atoms with Gasteiger partial charge < -0.3 is 14.2 Å². The Morgan fingerprint density at radius 2 is 1.77 bits per heavy atom. The molecule has 3 rings (SSSR count). The van der Waals surface area contributed by atoms with Crippen LogP contribution in [0.5, 0.6) is 17.2 Å². The van der Waals surface area contributed by atoms with Gasteiger partial charge in [-0.3, -0.25) is 4.79 Å². The second-order valence-electron chi connectivity index (χ2n) is 6.62. The molecule has 0 spiro atoms. The Morgan fingerprint density at radius 3 is 2.50 bits per heavy atom. The van der Waals surface area contributed by atoms with Crippen LogP contribution in [0.1, 0.15) is 27.0 Å². The van der Waals surface area contributed by atoms with Gasteiger partial charge in [-0.1, -0.05) is 35.9 Å². The van der Waals surface area contributed by atoms with Gasteiger partial charge in [0.2, 0.25) is 0 Å². The van der Waals surface area contributed by atoms with Crippen molar-refractivity contribution in [1.82, 2.24) is 5.43 Å². The highest BCUT2D eigenvalue weighted by Crippen LogP contribution is 2.28. The standard InChI is InChI=1S/C24H24N2O4/c1-17-7-9-18(10-8-17)16-30-23-13-19(11-12-22(23)29-3)15-25-26-24(27)20-5-4-6-21(14-20)28-2/h4-15H,16H2,1-3H3,(H,26,27)/b25-15+. The van der Waals surface area contributed by atoms with Crippen LogP contribution in [0.3, 0.4) is 0 Å². The summed E-state index contributed by atoms with van der Waals surface area (Å²) < 4.78 is 16.4. The molecule has 0 aliphatic rings. The quantitative estimate of drug-likeness (QED) is 0.448. The van der Waals surface area contributed by atoms with Crippen LogP contribution < -0.4 is 19.6 Å². The van der Waals surface area contributed by atoms with E-state index in [-0.39, 0.29) is 5.91 Å². The minimum Gasteiger partial charge on any atom is -0.497 e. The molecule has 0 atom stereocenters. The van der Waals surface area contributed by atoms with E-state index in [1.807, 2.05) is 43.3 Å². The lowest BCUT2D eigenvalue weighted by molar-refractivity contribution is 0.0955. The number of aryl methyl sites for hydroxylation is 1. The molecule has 3 aromatic carbocycles. The zero-order valence-corrected chi connectivity index (χ0v) is 17.2. The zero-order chi connectivity index (χ0) is 21.3. The SMILES string of the molecule is COc1cccc(C(=O)N/N=C/c2ccc(OC)c(OCc3ccc(C)cc3)c2)c1. The van der Waals surface area contributed by atoms with Gasteiger partial charge in [0.05, 0.1) is 20.4 Å². The molecule has 0 bridgehead atoms. The van der Waals surface area contributed by atoms with E-state index in [9.17, 15) is 4.79 Å². The van der Waals surface area contributed by atoms with Crippen molar-refractivity contribution in [2.45, 2.75) is 13.5 Å². The molecular weight excluding hydrogens is 380 g/mol. The van der Waals surface area contributed by atoms with Crippen LogP contribution in [0.15, 0.2) is 71.8 Å². The lowest BCUT2D eigenvalue weighted by Gasteiger charge is -2.11. The largest absolute Gasteiger partial charge is 0.497 e. The first-order valence-electron chi connectivity index (χ1n) is 9.43. The van der Waals surface area contributed by atoms with Crippen molar-refractivity contribution < 1.29 is 19.0 Å². The van der Waals surface area contributed by atoms with Gasteiger partial charge in [0.1, 0.15) is 12.4 Å². The number of methoxy groups -OCH3 is 2. The molecule has 0 saturated carbocycles. The van der Waals surface area contributed by atoms with Crippen molar-refractivity contribution in [2.75, 3.05) is 14.2 Å². The molecule has 1 amide bonds. The summed E-state index contributed by atoms with van der Waals surface area (Å²) in [5.74, 6) is 1.51. The van der Waals surface area contributed by atoms with Crippen molar-refractivity contribution in [3.8, 4) is 17.2 Å². The van der Waals surface area contributed by atoms with Gasteiger partial charge in [0.15, 0.2) is 11.5 Å². The van der Waals surface area contributed by atoms with E-state index in [1.54, 1.807) is 50.8 Å². The Labute approximate surface area is 176 Å². The number of carbonyl (C=O) groups excluding carboxylic acids is 1. The number of nitrogens with zero attached hydrogens (tertiary/aromatic N) is 1. The Kier molecular flexibility index (Phi) is 7.05. The van der Waals surface area contributed by atoms with Crippen LogP contribution in [-0.2, 0) is 6.61 Å². The van der Waals surface area contributed by atoms with Gasteiger partial charge in [-0.05, 0) is 54.4 Å². The van der Waals surface area contributed by atoms with Crippen molar-refractivity contribution >= 4 is 12.1 Å². The molecule has 0 aromatic heterocycles. The molecule has 0 unspecified atom stereocenters. The molecule has 0 aliphatic carbocycles. The smallest absolute Gasteiger partial charge is 0.271 e. The van der Waals surface area contributed by atoms with Gasteiger partial charge in [-0.2, -0.15) is 5.10 Å². The van der Waals surface area contributed by atoms with Crippen LogP contribution >= 0.6 is 0 Å². The summed E-state index contributed by atoms with van der Waals surface area (Å²) in [6.45, 7) is 2.47. The minimum absolute atomic E-state index is 0.325. The summed E-state index contributed by atoms with van der Waals surface area (Å²) in [4.78, 5) is 12.2. The molecule has 6 heteroatoms. The molecule has 0 heterocycles. The summed E-state index contributed by atoms with van der Waals surface area (Å²) >= 11 is 0. The maximum Gasteiger partial charge on any atom is 0.271 e. The van der Waals surface area contributed by atoms with Crippen LogP contribution in [0.25, 0.3) is 0 Å². The zero-order valence-electron chi connectivity index (χ0n) is 17.2. The number of carbonyl (C=O) groups is 1. The summed E-state index contributed by atoms with van der Waals surface area (Å²) in [5, 5.41) is 4.04. The normalized spacial score (nSPS) is 10.6. The van der Waals surface area contributed by atoms with E-state index < -0.39 is 0 Å². The summed E-state index contributed by atoms with van der Waals surface area (Å²) in [7, 11) is 3.15. The van der Waals surface area contributed by atoms with Gasteiger partial charge in [0, 0.05) is 5.56 Å². The fourth-order valence-electron chi connectivity index (χ4n) is 2.73. The second-order valence-corrected chi connectivity index (χ2v) is 6.62. The highest BCUT2D eigenvalue weighted by atomic mass is 16.5. The number of nitrogens with one attached hydrogen (secondary N) is 1. The molecule has 0 aliphatic heterocycles. The number of ether oxygens (including phenoxy) is 3. The first kappa shape index (κ1) is 20.9. The summed E-state index contributed by atoms with van der Waals surface area (Å²) in [6.07, 6.45) is 1.55. The van der Waals surface area contributed by atoms with Crippen LogP contribution in [-0.4, -0.2) is 26.3 Å². The fraction of sp³-hybridized carbons (Fsp3) is 0.167. The average Bonchev–Trinajstić information content (AvgIpc) is 2.78. The average molecular weight is 404 g/mol. The van der Waals surface area contributed by atoms with E-state index in [0.717, 1.165) is 11.1 Å². The van der Waals surface area contributed by atoms with Gasteiger partial charge in [-0.15, -0.1) is 0 Å². The van der Waals surface area contributed by atoms with Crippen molar-refractivity contribution in [3.05, 3.63) is 89.0 Å². The molecule has 6 nitrogen and oxygen atoms in total. The molecule has 30 heavy (non-hydrogen) atoms. The molecule has 0 saturated heterocycles. The third kappa shape index (κ3) is 5.61. The monoisotopic (exact) mass is 404 g/mol. The lowest BCUT2D eigenvalue weighted by Crippen LogP contribution is -2.17. The highest BCUT2D eigenvalue weighted by molar-refractivity contribution is 5.95. The Bertz CT molecular complexity index is 1030. The third-order valence-electron chi connectivity index (χ3n) is 4.41. The van der Waals surface area contributed by atoms with E-state index in [2.05, 4.69) is 10.5 Å². The predicted molar refractivity (Wildman–Crippen MR) is 117 cm³/mol. The predicted octanol–water partition coefficient (Wildman–Crippen LogP) is 4.36. The summed E-state index contributed by atoms with van der Waals surface area (Å²) in [5.41, 5.74) is 6.00. The molecule has 3 aromatic rings. The Balaban J connectivity index is 1.66. The van der Waals surface area contributed by atoms with E-state index in [0.29, 0.717) is 29.4 Å².